The molecule has 0 aliphatic heterocycles. The van der Waals surface area contributed by atoms with Crippen LogP contribution >= 0.6 is 0 Å². The fourth-order valence-electron chi connectivity index (χ4n) is 2.18. The van der Waals surface area contributed by atoms with E-state index in [2.05, 4.69) is 4.98 Å². The average molecular weight is 352 g/mol. The lowest BCUT2D eigenvalue weighted by Crippen LogP contribution is -2.34. The van der Waals surface area contributed by atoms with Gasteiger partial charge in [-0.05, 0) is 24.3 Å². The number of anilines is 1. The molecule has 0 aliphatic carbocycles. The van der Waals surface area contributed by atoms with Crippen LogP contribution in [0.4, 0.5) is 5.69 Å². The average Bonchev–Trinajstić information content (AvgIpc) is 2.62. The molecule has 0 fully saturated rings. The van der Waals surface area contributed by atoms with E-state index in [1.165, 1.54) is 44.1 Å². The number of methoxy groups -OCH3 is 3. The largest absolute Gasteiger partial charge is 0.497 e. The lowest BCUT2D eigenvalue weighted by atomic mass is 10.3. The first-order valence-electron chi connectivity index (χ1n) is 7.18. The lowest BCUT2D eigenvalue weighted by molar-refractivity contribution is 0.208. The van der Waals surface area contributed by atoms with Crippen LogP contribution in [-0.2, 0) is 14.8 Å². The molecule has 0 radical (unpaired) electrons. The van der Waals surface area contributed by atoms with Gasteiger partial charge in [-0.3, -0.25) is 9.29 Å². The minimum absolute atomic E-state index is 0.0252. The third-order valence-electron chi connectivity index (χ3n) is 3.39. The minimum Gasteiger partial charge on any atom is -0.497 e. The van der Waals surface area contributed by atoms with Gasteiger partial charge in [0.15, 0.2) is 0 Å². The highest BCUT2D eigenvalue weighted by atomic mass is 32.2. The molecule has 0 aliphatic rings. The zero-order valence-electron chi connectivity index (χ0n) is 13.8. The molecular formula is C16H20N2O5S. The van der Waals surface area contributed by atoms with Gasteiger partial charge in [0, 0.05) is 25.6 Å². The van der Waals surface area contributed by atoms with Crippen molar-refractivity contribution in [3.63, 3.8) is 0 Å². The van der Waals surface area contributed by atoms with E-state index in [-0.39, 0.29) is 23.8 Å². The Balaban J connectivity index is 2.56. The molecule has 0 saturated heterocycles. The Morgan fingerprint density at radius 2 is 1.75 bits per heavy atom. The molecule has 0 N–H and O–H groups in total. The van der Waals surface area contributed by atoms with Crippen molar-refractivity contribution in [2.75, 3.05) is 38.8 Å². The van der Waals surface area contributed by atoms with E-state index in [1.54, 1.807) is 24.3 Å². The van der Waals surface area contributed by atoms with Crippen molar-refractivity contribution in [3.05, 3.63) is 42.7 Å². The molecule has 8 heteroatoms. The highest BCUT2D eigenvalue weighted by Gasteiger charge is 2.28. The predicted molar refractivity (Wildman–Crippen MR) is 90.2 cm³/mol. The van der Waals surface area contributed by atoms with Gasteiger partial charge in [0.1, 0.15) is 16.4 Å². The summed E-state index contributed by atoms with van der Waals surface area (Å²) in [4.78, 5) is 3.95. The maximum Gasteiger partial charge on any atom is 0.268 e. The van der Waals surface area contributed by atoms with Crippen molar-refractivity contribution < 1.29 is 22.6 Å². The fraction of sp³-hybridized carbons (Fsp3) is 0.312. The number of ether oxygens (including phenoxy) is 3. The first kappa shape index (κ1) is 18.0. The molecule has 24 heavy (non-hydrogen) atoms. The van der Waals surface area contributed by atoms with Gasteiger partial charge in [-0.25, -0.2) is 8.42 Å². The summed E-state index contributed by atoms with van der Waals surface area (Å²) in [6, 6.07) is 7.89. The van der Waals surface area contributed by atoms with Crippen LogP contribution in [0.3, 0.4) is 0 Å². The lowest BCUT2D eigenvalue weighted by Gasteiger charge is -2.25. The molecule has 0 spiro atoms. The molecule has 1 heterocycles. The molecule has 1 aromatic heterocycles. The number of rotatable bonds is 8. The molecular weight excluding hydrogens is 332 g/mol. The van der Waals surface area contributed by atoms with Crippen LogP contribution in [0.2, 0.25) is 0 Å². The SMILES string of the molecule is COCCN(c1ccncc1)S(=O)(=O)c1cc(OC)ccc1OC. The second-order valence-corrected chi connectivity index (χ2v) is 6.62. The van der Waals surface area contributed by atoms with E-state index in [1.807, 2.05) is 0 Å². The Morgan fingerprint density at radius 1 is 1.04 bits per heavy atom. The van der Waals surface area contributed by atoms with Crippen LogP contribution in [-0.4, -0.2) is 47.9 Å². The van der Waals surface area contributed by atoms with E-state index in [9.17, 15) is 8.42 Å². The monoisotopic (exact) mass is 352 g/mol. The van der Waals surface area contributed by atoms with E-state index < -0.39 is 10.0 Å². The van der Waals surface area contributed by atoms with E-state index >= 15 is 0 Å². The van der Waals surface area contributed by atoms with Gasteiger partial charge in [-0.1, -0.05) is 0 Å². The topological polar surface area (TPSA) is 78.0 Å². The molecule has 0 bridgehead atoms. The normalized spacial score (nSPS) is 11.1. The molecule has 2 rings (SSSR count). The Labute approximate surface area is 141 Å². The summed E-state index contributed by atoms with van der Waals surface area (Å²) in [5.74, 6) is 0.670. The third kappa shape index (κ3) is 3.77. The number of benzene rings is 1. The maximum atomic E-state index is 13.2. The molecule has 0 atom stereocenters. The van der Waals surface area contributed by atoms with Crippen molar-refractivity contribution in [3.8, 4) is 11.5 Å². The Kier molecular flexibility index (Phi) is 5.99. The molecule has 2 aromatic rings. The molecule has 130 valence electrons. The zero-order valence-corrected chi connectivity index (χ0v) is 14.6. The van der Waals surface area contributed by atoms with Gasteiger partial charge in [0.25, 0.3) is 10.0 Å². The summed E-state index contributed by atoms with van der Waals surface area (Å²) in [5, 5.41) is 0. The second kappa shape index (κ2) is 7.98. The van der Waals surface area contributed by atoms with Crippen molar-refractivity contribution >= 4 is 15.7 Å². The van der Waals surface area contributed by atoms with Crippen molar-refractivity contribution in [2.24, 2.45) is 0 Å². The summed E-state index contributed by atoms with van der Waals surface area (Å²) in [6.07, 6.45) is 3.07. The number of aromatic nitrogens is 1. The summed E-state index contributed by atoms with van der Waals surface area (Å²) in [6.45, 7) is 0.400. The molecule has 0 unspecified atom stereocenters. The smallest absolute Gasteiger partial charge is 0.268 e. The summed E-state index contributed by atoms with van der Waals surface area (Å²) >= 11 is 0. The third-order valence-corrected chi connectivity index (χ3v) is 5.24. The highest BCUT2D eigenvalue weighted by Crippen LogP contribution is 2.32. The van der Waals surface area contributed by atoms with Crippen LogP contribution in [0.25, 0.3) is 0 Å². The van der Waals surface area contributed by atoms with E-state index in [0.717, 1.165) is 0 Å². The number of nitrogens with zero attached hydrogens (tertiary/aromatic N) is 2. The molecule has 0 amide bonds. The Hall–Kier alpha value is -2.32. The van der Waals surface area contributed by atoms with Crippen molar-refractivity contribution in [1.29, 1.82) is 0 Å². The van der Waals surface area contributed by atoms with Gasteiger partial charge in [0.05, 0.1) is 33.1 Å². The Bertz CT molecular complexity index is 765. The van der Waals surface area contributed by atoms with Gasteiger partial charge in [0.2, 0.25) is 0 Å². The molecule has 7 nitrogen and oxygen atoms in total. The van der Waals surface area contributed by atoms with Gasteiger partial charge in [-0.15, -0.1) is 0 Å². The maximum absolute atomic E-state index is 13.2. The van der Waals surface area contributed by atoms with E-state index in [4.69, 9.17) is 14.2 Å². The van der Waals surface area contributed by atoms with Crippen LogP contribution in [0.1, 0.15) is 0 Å². The summed E-state index contributed by atoms with van der Waals surface area (Å²) in [5.41, 5.74) is 0.493. The highest BCUT2D eigenvalue weighted by molar-refractivity contribution is 7.93. The summed E-state index contributed by atoms with van der Waals surface area (Å²) < 4.78 is 43.1. The van der Waals surface area contributed by atoms with Crippen LogP contribution in [0.15, 0.2) is 47.6 Å². The van der Waals surface area contributed by atoms with Crippen molar-refractivity contribution in [2.45, 2.75) is 4.90 Å². The minimum atomic E-state index is -3.88. The van der Waals surface area contributed by atoms with Crippen LogP contribution in [0.5, 0.6) is 11.5 Å². The molecule has 1 aromatic carbocycles. The number of hydrogen-bond donors (Lipinski definition) is 0. The number of hydrogen-bond acceptors (Lipinski definition) is 6. The first-order valence-corrected chi connectivity index (χ1v) is 8.62. The standard InChI is InChI=1S/C16H20N2O5S/c1-21-11-10-18(13-6-8-17-9-7-13)24(19,20)16-12-14(22-2)4-5-15(16)23-3/h4-9,12H,10-11H2,1-3H3. The number of pyridine rings is 1. The quantitative estimate of drug-likeness (QED) is 0.722. The van der Waals surface area contributed by atoms with Gasteiger partial charge >= 0.3 is 0 Å². The second-order valence-electron chi connectivity index (χ2n) is 4.79. The Morgan fingerprint density at radius 3 is 2.33 bits per heavy atom. The first-order chi connectivity index (χ1) is 11.5. The summed E-state index contributed by atoms with van der Waals surface area (Å²) in [7, 11) is 0.536. The van der Waals surface area contributed by atoms with Crippen molar-refractivity contribution in [1.82, 2.24) is 4.98 Å². The number of sulfonamides is 1. The van der Waals surface area contributed by atoms with Crippen LogP contribution in [0, 0.1) is 0 Å². The van der Waals surface area contributed by atoms with Gasteiger partial charge < -0.3 is 14.2 Å². The van der Waals surface area contributed by atoms with Gasteiger partial charge in [-0.2, -0.15) is 0 Å². The van der Waals surface area contributed by atoms with E-state index in [0.29, 0.717) is 11.4 Å². The fourth-order valence-corrected chi connectivity index (χ4v) is 3.80. The predicted octanol–water partition coefficient (Wildman–Crippen LogP) is 1.94. The van der Waals surface area contributed by atoms with Crippen LogP contribution < -0.4 is 13.8 Å². The zero-order chi connectivity index (χ0) is 17.6. The molecule has 0 saturated carbocycles.